The molecule has 0 radical (unpaired) electrons. The molecule has 12 nitrogen and oxygen atoms in total. The first kappa shape index (κ1) is 29.5. The summed E-state index contributed by atoms with van der Waals surface area (Å²) in [6.45, 7) is 4.22. The summed E-state index contributed by atoms with van der Waals surface area (Å²) in [5, 5.41) is 18.4. The van der Waals surface area contributed by atoms with Gasteiger partial charge >= 0.3 is 6.18 Å². The Kier molecular flexibility index (Phi) is 8.05. The molecule has 1 aliphatic heterocycles. The van der Waals surface area contributed by atoms with E-state index >= 15 is 0 Å². The first-order valence-corrected chi connectivity index (χ1v) is 13.6. The van der Waals surface area contributed by atoms with Crippen LogP contribution in [0, 0.1) is 11.3 Å². The second kappa shape index (κ2) is 11.7. The minimum Gasteiger partial charge on any atom is -0.341 e. The molecule has 4 aromatic rings. The Morgan fingerprint density at radius 3 is 2.74 bits per heavy atom. The van der Waals surface area contributed by atoms with Crippen molar-refractivity contribution in [2.75, 3.05) is 18.4 Å². The Morgan fingerprint density at radius 2 is 2.07 bits per heavy atom. The number of carbonyl (C=O) groups is 2. The van der Waals surface area contributed by atoms with Gasteiger partial charge in [-0.1, -0.05) is 6.92 Å². The topological polar surface area (TPSA) is 159 Å². The molecule has 3 aromatic heterocycles. The number of halogens is 3. The van der Waals surface area contributed by atoms with E-state index in [1.54, 1.807) is 36.1 Å². The van der Waals surface area contributed by atoms with Crippen molar-refractivity contribution in [2.45, 2.75) is 51.5 Å². The van der Waals surface area contributed by atoms with Gasteiger partial charge in [-0.3, -0.25) is 18.7 Å². The SMILES string of the molecule is CCc1cc(Nc2nccn3c(-c4cn(CC#N)nc4C(F)(F)F)cnc23)ccc1C(=O)N[C@H](C)C(=O)N1CC[C@H](N)C1. The standard InChI is InChI=1S/C28H29F3N10O2/c1-3-17-12-19(4-5-20(17)26(42)36-16(2)27(43)39-9-6-18(33)14-39)37-24-25-35-13-22(41(25)11-8-34-24)21-15-40(10-7-32)38-23(21)28(29,30)31/h4-5,8,11-13,15-16,18H,3,6,9-10,14,33H2,1-2H3,(H,34,37)(H,36,42)/t16-,18+/m1/s1. The van der Waals surface area contributed by atoms with Gasteiger partial charge in [0.25, 0.3) is 5.91 Å². The lowest BCUT2D eigenvalue weighted by Crippen LogP contribution is -2.46. The molecule has 2 amide bonds. The molecule has 1 saturated heterocycles. The van der Waals surface area contributed by atoms with Gasteiger partial charge in [0.15, 0.2) is 17.2 Å². The summed E-state index contributed by atoms with van der Waals surface area (Å²) in [6.07, 6.45) is 1.84. The number of nitrogens with one attached hydrogen (secondary N) is 2. The average molecular weight is 595 g/mol. The number of hydrogen-bond acceptors (Lipinski definition) is 8. The minimum absolute atomic E-state index is 0.0571. The van der Waals surface area contributed by atoms with E-state index in [1.807, 2.05) is 6.92 Å². The molecule has 1 aromatic carbocycles. The Labute approximate surface area is 244 Å². The molecule has 0 aliphatic carbocycles. The van der Waals surface area contributed by atoms with Crippen LogP contribution >= 0.6 is 0 Å². The molecule has 4 heterocycles. The molecule has 43 heavy (non-hydrogen) atoms. The van der Waals surface area contributed by atoms with Crippen LogP contribution < -0.4 is 16.4 Å². The molecule has 5 rings (SSSR count). The number of likely N-dealkylation sites (tertiary alicyclic amines) is 1. The number of benzene rings is 1. The molecule has 15 heteroatoms. The lowest BCUT2D eigenvalue weighted by atomic mass is 10.0. The number of carbonyl (C=O) groups excluding carboxylic acids is 2. The normalized spacial score (nSPS) is 15.8. The highest BCUT2D eigenvalue weighted by Gasteiger charge is 2.38. The van der Waals surface area contributed by atoms with Crippen molar-refractivity contribution in [3.63, 3.8) is 0 Å². The number of nitriles is 1. The summed E-state index contributed by atoms with van der Waals surface area (Å²) in [5.41, 5.74) is 6.63. The van der Waals surface area contributed by atoms with E-state index in [9.17, 15) is 22.8 Å². The minimum atomic E-state index is -4.74. The van der Waals surface area contributed by atoms with E-state index in [4.69, 9.17) is 11.0 Å². The molecule has 4 N–H and O–H groups in total. The zero-order valence-electron chi connectivity index (χ0n) is 23.4. The van der Waals surface area contributed by atoms with Crippen molar-refractivity contribution in [2.24, 2.45) is 5.73 Å². The van der Waals surface area contributed by atoms with Gasteiger partial charge in [0.1, 0.15) is 12.6 Å². The number of rotatable bonds is 8. The number of nitrogens with two attached hydrogens (primary N) is 1. The summed E-state index contributed by atoms with van der Waals surface area (Å²) in [4.78, 5) is 36.1. The van der Waals surface area contributed by atoms with E-state index in [-0.39, 0.29) is 47.1 Å². The van der Waals surface area contributed by atoms with E-state index in [1.165, 1.54) is 23.0 Å². The van der Waals surface area contributed by atoms with Crippen LogP contribution in [0.5, 0.6) is 0 Å². The lowest BCUT2D eigenvalue weighted by molar-refractivity contribution is -0.141. The summed E-state index contributed by atoms with van der Waals surface area (Å²) in [7, 11) is 0. The highest BCUT2D eigenvalue weighted by molar-refractivity contribution is 5.99. The molecular weight excluding hydrogens is 565 g/mol. The van der Waals surface area contributed by atoms with Crippen molar-refractivity contribution >= 4 is 29.0 Å². The highest BCUT2D eigenvalue weighted by Crippen LogP contribution is 2.37. The lowest BCUT2D eigenvalue weighted by Gasteiger charge is -2.22. The number of anilines is 2. The fourth-order valence-corrected chi connectivity index (χ4v) is 5.10. The predicted molar refractivity (Wildman–Crippen MR) is 150 cm³/mol. The van der Waals surface area contributed by atoms with Crippen molar-refractivity contribution in [1.29, 1.82) is 5.26 Å². The molecule has 0 unspecified atom stereocenters. The summed E-state index contributed by atoms with van der Waals surface area (Å²) in [5.74, 6) is -0.298. The molecule has 0 saturated carbocycles. The van der Waals surface area contributed by atoms with Gasteiger partial charge < -0.3 is 21.3 Å². The van der Waals surface area contributed by atoms with Crippen molar-refractivity contribution in [1.82, 2.24) is 34.4 Å². The first-order chi connectivity index (χ1) is 20.5. The molecule has 224 valence electrons. The van der Waals surface area contributed by atoms with Crippen LogP contribution in [0.15, 0.2) is 43.0 Å². The van der Waals surface area contributed by atoms with Crippen molar-refractivity contribution in [3.8, 4) is 17.3 Å². The van der Waals surface area contributed by atoms with Crippen molar-refractivity contribution < 1.29 is 22.8 Å². The van der Waals surface area contributed by atoms with E-state index in [0.717, 1.165) is 17.3 Å². The van der Waals surface area contributed by atoms with E-state index < -0.39 is 17.9 Å². The molecule has 1 fully saturated rings. The van der Waals surface area contributed by atoms with E-state index in [2.05, 4.69) is 25.7 Å². The van der Waals surface area contributed by atoms with Crippen LogP contribution in [0.2, 0.25) is 0 Å². The third-order valence-corrected chi connectivity index (χ3v) is 7.21. The number of aryl methyl sites for hydroxylation is 1. The average Bonchev–Trinajstić information content (AvgIpc) is 3.71. The maximum Gasteiger partial charge on any atom is 0.435 e. The summed E-state index contributed by atoms with van der Waals surface area (Å²) >= 11 is 0. The van der Waals surface area contributed by atoms with Crippen LogP contribution in [-0.4, -0.2) is 66.0 Å². The fourth-order valence-electron chi connectivity index (χ4n) is 5.10. The Bertz CT molecular complexity index is 1720. The molecule has 0 bridgehead atoms. The number of alkyl halides is 3. The number of nitrogens with zero attached hydrogens (tertiary/aromatic N) is 7. The summed E-state index contributed by atoms with van der Waals surface area (Å²) in [6, 6.07) is 6.08. The van der Waals surface area contributed by atoms with Gasteiger partial charge in [0.05, 0.1) is 23.5 Å². The third kappa shape index (κ3) is 6.00. The van der Waals surface area contributed by atoms with Gasteiger partial charge in [-0.15, -0.1) is 0 Å². The second-order valence-electron chi connectivity index (χ2n) is 10.2. The number of aromatic nitrogens is 5. The van der Waals surface area contributed by atoms with Crippen LogP contribution in [0.25, 0.3) is 16.9 Å². The first-order valence-electron chi connectivity index (χ1n) is 13.6. The smallest absolute Gasteiger partial charge is 0.341 e. The fraction of sp³-hybridized carbons (Fsp3) is 0.357. The monoisotopic (exact) mass is 594 g/mol. The molecule has 0 spiro atoms. The third-order valence-electron chi connectivity index (χ3n) is 7.21. The van der Waals surface area contributed by atoms with Gasteiger partial charge in [-0.25, -0.2) is 9.97 Å². The maximum absolute atomic E-state index is 13.8. The van der Waals surface area contributed by atoms with Gasteiger partial charge in [0.2, 0.25) is 5.91 Å². The molecular formula is C28H29F3N10O2. The van der Waals surface area contributed by atoms with Crippen LogP contribution in [0.3, 0.4) is 0 Å². The van der Waals surface area contributed by atoms with Crippen LogP contribution in [0.4, 0.5) is 24.7 Å². The Hall–Kier alpha value is -4.97. The zero-order valence-corrected chi connectivity index (χ0v) is 23.4. The van der Waals surface area contributed by atoms with Crippen LogP contribution in [-0.2, 0) is 23.9 Å². The maximum atomic E-state index is 13.8. The Morgan fingerprint density at radius 1 is 1.28 bits per heavy atom. The van der Waals surface area contributed by atoms with Gasteiger partial charge in [-0.05, 0) is 43.5 Å². The van der Waals surface area contributed by atoms with E-state index in [0.29, 0.717) is 36.3 Å². The Balaban J connectivity index is 1.38. The number of hydrogen-bond donors (Lipinski definition) is 3. The largest absolute Gasteiger partial charge is 0.435 e. The zero-order chi connectivity index (χ0) is 30.9. The van der Waals surface area contributed by atoms with Crippen LogP contribution in [0.1, 0.15) is 41.9 Å². The van der Waals surface area contributed by atoms with Gasteiger partial charge in [0, 0.05) is 49.0 Å². The highest BCUT2D eigenvalue weighted by atomic mass is 19.4. The molecule has 1 aliphatic rings. The number of imidazole rings is 1. The molecule has 2 atom stereocenters. The predicted octanol–water partition coefficient (Wildman–Crippen LogP) is 3.12. The second-order valence-corrected chi connectivity index (χ2v) is 10.2. The van der Waals surface area contributed by atoms with Crippen molar-refractivity contribution in [3.05, 3.63) is 59.8 Å². The quantitative estimate of drug-likeness (QED) is 0.281. The summed E-state index contributed by atoms with van der Waals surface area (Å²) < 4.78 is 43.6. The van der Waals surface area contributed by atoms with Gasteiger partial charge in [-0.2, -0.15) is 23.5 Å². The number of fused-ring (bicyclic) bond motifs is 1. The number of amides is 2.